The summed E-state index contributed by atoms with van der Waals surface area (Å²) in [7, 11) is -2.15. The maximum absolute atomic E-state index is 12.9. The lowest BCUT2D eigenvalue weighted by Crippen LogP contribution is -2.45. The first kappa shape index (κ1) is 19.7. The van der Waals surface area contributed by atoms with Crippen molar-refractivity contribution < 1.29 is 17.9 Å². The van der Waals surface area contributed by atoms with E-state index in [2.05, 4.69) is 5.32 Å². The van der Waals surface area contributed by atoms with Crippen molar-refractivity contribution >= 4 is 27.5 Å². The molecular weight excluding hydrogens is 388 g/mol. The van der Waals surface area contributed by atoms with Crippen LogP contribution in [-0.2, 0) is 21.4 Å². The molecule has 0 aliphatic carbocycles. The number of halogens is 1. The fourth-order valence-electron chi connectivity index (χ4n) is 3.08. The van der Waals surface area contributed by atoms with Gasteiger partial charge in [-0.3, -0.25) is 4.79 Å². The summed E-state index contributed by atoms with van der Waals surface area (Å²) in [5.74, 6) is 0.446. The van der Waals surface area contributed by atoms with Gasteiger partial charge in [0.25, 0.3) is 0 Å². The Balaban J connectivity index is 1.69. The van der Waals surface area contributed by atoms with Gasteiger partial charge < -0.3 is 10.1 Å². The van der Waals surface area contributed by atoms with E-state index in [4.69, 9.17) is 16.3 Å². The predicted octanol–water partition coefficient (Wildman–Crippen LogP) is 2.82. The van der Waals surface area contributed by atoms with Gasteiger partial charge in [0.05, 0.1) is 12.0 Å². The van der Waals surface area contributed by atoms with Crippen LogP contribution in [0.2, 0.25) is 5.02 Å². The third-order valence-electron chi connectivity index (χ3n) is 4.55. The van der Waals surface area contributed by atoms with Crippen molar-refractivity contribution in [2.75, 3.05) is 13.7 Å². The molecule has 1 heterocycles. The summed E-state index contributed by atoms with van der Waals surface area (Å²) in [6.45, 7) is 0.653. The molecule has 1 amide bonds. The highest BCUT2D eigenvalue weighted by atomic mass is 35.5. The number of amides is 1. The summed E-state index contributed by atoms with van der Waals surface area (Å²) < 4.78 is 32.2. The SMILES string of the molecule is COc1ccc(CNC(=O)[C@@H]2CCCN2S(=O)(=O)c2ccc(Cl)cc2)cc1. The summed E-state index contributed by atoms with van der Waals surface area (Å²) in [5, 5.41) is 3.30. The highest BCUT2D eigenvalue weighted by molar-refractivity contribution is 7.89. The molecule has 0 bridgehead atoms. The molecule has 2 aromatic rings. The smallest absolute Gasteiger partial charge is 0.243 e. The Bertz CT molecular complexity index is 898. The van der Waals surface area contributed by atoms with Gasteiger partial charge in [-0.1, -0.05) is 23.7 Å². The van der Waals surface area contributed by atoms with Crippen LogP contribution in [-0.4, -0.2) is 38.3 Å². The van der Waals surface area contributed by atoms with E-state index in [0.29, 0.717) is 31.0 Å². The summed E-state index contributed by atoms with van der Waals surface area (Å²) >= 11 is 5.84. The molecule has 0 unspecified atom stereocenters. The van der Waals surface area contributed by atoms with Crippen molar-refractivity contribution in [2.24, 2.45) is 0 Å². The second-order valence-corrected chi connectivity index (χ2v) is 8.62. The number of nitrogens with zero attached hydrogens (tertiary/aromatic N) is 1. The first-order valence-corrected chi connectivity index (χ1v) is 10.4. The van der Waals surface area contributed by atoms with Gasteiger partial charge in [0.2, 0.25) is 15.9 Å². The van der Waals surface area contributed by atoms with Crippen molar-refractivity contribution in [3.05, 3.63) is 59.1 Å². The van der Waals surface area contributed by atoms with E-state index in [1.807, 2.05) is 24.3 Å². The number of benzene rings is 2. The lowest BCUT2D eigenvalue weighted by Gasteiger charge is -2.23. The van der Waals surface area contributed by atoms with E-state index in [9.17, 15) is 13.2 Å². The first-order valence-electron chi connectivity index (χ1n) is 8.60. The quantitative estimate of drug-likeness (QED) is 0.797. The summed E-state index contributed by atoms with van der Waals surface area (Å²) in [6.07, 6.45) is 1.15. The van der Waals surface area contributed by atoms with Crippen molar-refractivity contribution in [1.29, 1.82) is 0 Å². The van der Waals surface area contributed by atoms with Crippen LogP contribution in [0.25, 0.3) is 0 Å². The Morgan fingerprint density at radius 1 is 1.19 bits per heavy atom. The minimum Gasteiger partial charge on any atom is -0.497 e. The summed E-state index contributed by atoms with van der Waals surface area (Å²) in [4.78, 5) is 12.8. The van der Waals surface area contributed by atoms with Crippen LogP contribution in [0.3, 0.4) is 0 Å². The van der Waals surface area contributed by atoms with Gasteiger partial charge in [-0.25, -0.2) is 8.42 Å². The number of ether oxygens (including phenoxy) is 1. The number of methoxy groups -OCH3 is 1. The van der Waals surface area contributed by atoms with Crippen LogP contribution in [0.1, 0.15) is 18.4 Å². The van der Waals surface area contributed by atoms with Gasteiger partial charge in [-0.05, 0) is 54.8 Å². The second-order valence-electron chi connectivity index (χ2n) is 6.29. The van der Waals surface area contributed by atoms with Crippen molar-refractivity contribution in [2.45, 2.75) is 30.3 Å². The Kier molecular flexibility index (Phi) is 6.04. The zero-order valence-corrected chi connectivity index (χ0v) is 16.5. The Morgan fingerprint density at radius 2 is 1.85 bits per heavy atom. The number of carbonyl (C=O) groups excluding carboxylic acids is 1. The van der Waals surface area contributed by atoms with Gasteiger partial charge >= 0.3 is 0 Å². The molecule has 3 rings (SSSR count). The highest BCUT2D eigenvalue weighted by Gasteiger charge is 2.39. The van der Waals surface area contributed by atoms with Crippen LogP contribution in [0.4, 0.5) is 0 Å². The van der Waals surface area contributed by atoms with E-state index < -0.39 is 16.1 Å². The monoisotopic (exact) mass is 408 g/mol. The molecule has 144 valence electrons. The molecule has 6 nitrogen and oxygen atoms in total. The zero-order valence-electron chi connectivity index (χ0n) is 14.9. The van der Waals surface area contributed by atoms with E-state index in [-0.39, 0.29) is 10.8 Å². The molecule has 1 aliphatic heterocycles. The Morgan fingerprint density at radius 3 is 2.48 bits per heavy atom. The maximum Gasteiger partial charge on any atom is 0.243 e. The topological polar surface area (TPSA) is 75.7 Å². The van der Waals surface area contributed by atoms with Gasteiger partial charge in [-0.15, -0.1) is 0 Å². The van der Waals surface area contributed by atoms with E-state index in [0.717, 1.165) is 11.3 Å². The second kappa shape index (κ2) is 8.29. The van der Waals surface area contributed by atoms with E-state index in [1.165, 1.54) is 28.6 Å². The zero-order chi connectivity index (χ0) is 19.4. The molecule has 8 heteroatoms. The number of hydrogen-bond donors (Lipinski definition) is 1. The molecule has 0 radical (unpaired) electrons. The van der Waals surface area contributed by atoms with Gasteiger partial charge in [0.1, 0.15) is 11.8 Å². The highest BCUT2D eigenvalue weighted by Crippen LogP contribution is 2.27. The maximum atomic E-state index is 12.9. The van der Waals surface area contributed by atoms with Gasteiger partial charge in [0.15, 0.2) is 0 Å². The van der Waals surface area contributed by atoms with Crippen LogP contribution in [0.15, 0.2) is 53.4 Å². The van der Waals surface area contributed by atoms with Crippen molar-refractivity contribution in [3.8, 4) is 5.75 Å². The molecule has 0 aromatic heterocycles. The largest absolute Gasteiger partial charge is 0.497 e. The number of rotatable bonds is 6. The molecule has 0 saturated carbocycles. The number of carbonyl (C=O) groups is 1. The predicted molar refractivity (Wildman–Crippen MR) is 103 cm³/mol. The third-order valence-corrected chi connectivity index (χ3v) is 6.73. The minimum absolute atomic E-state index is 0.141. The Labute approximate surface area is 164 Å². The van der Waals surface area contributed by atoms with Crippen LogP contribution in [0.5, 0.6) is 5.75 Å². The molecular formula is C19H21ClN2O4S. The molecule has 1 aliphatic rings. The molecule has 1 N–H and O–H groups in total. The van der Waals surface area contributed by atoms with Crippen molar-refractivity contribution in [3.63, 3.8) is 0 Å². The Hall–Kier alpha value is -2.09. The summed E-state index contributed by atoms with van der Waals surface area (Å²) in [6, 6.07) is 12.6. The molecule has 0 spiro atoms. The van der Waals surface area contributed by atoms with Crippen LogP contribution in [0, 0.1) is 0 Å². The molecule has 1 saturated heterocycles. The summed E-state index contributed by atoms with van der Waals surface area (Å²) in [5.41, 5.74) is 0.911. The molecule has 27 heavy (non-hydrogen) atoms. The van der Waals surface area contributed by atoms with Crippen molar-refractivity contribution in [1.82, 2.24) is 9.62 Å². The molecule has 1 fully saturated rings. The van der Waals surface area contributed by atoms with E-state index in [1.54, 1.807) is 7.11 Å². The average molecular weight is 409 g/mol. The normalized spacial score (nSPS) is 17.6. The molecule has 2 aromatic carbocycles. The number of sulfonamides is 1. The fourth-order valence-corrected chi connectivity index (χ4v) is 4.86. The number of nitrogens with one attached hydrogen (secondary N) is 1. The van der Waals surface area contributed by atoms with Crippen LogP contribution < -0.4 is 10.1 Å². The van der Waals surface area contributed by atoms with E-state index >= 15 is 0 Å². The standard InChI is InChI=1S/C19H21ClN2O4S/c1-26-16-8-4-14(5-9-16)13-21-19(23)18-3-2-12-22(18)27(24,25)17-10-6-15(20)7-11-17/h4-11,18H,2-3,12-13H2,1H3,(H,21,23)/t18-/m0/s1. The number of hydrogen-bond acceptors (Lipinski definition) is 4. The molecule has 1 atom stereocenters. The van der Waals surface area contributed by atoms with Gasteiger partial charge in [0, 0.05) is 18.1 Å². The van der Waals surface area contributed by atoms with Gasteiger partial charge in [-0.2, -0.15) is 4.31 Å². The lowest BCUT2D eigenvalue weighted by molar-refractivity contribution is -0.124. The first-order chi connectivity index (χ1) is 12.9. The lowest BCUT2D eigenvalue weighted by atomic mass is 10.2. The fraction of sp³-hybridized carbons (Fsp3) is 0.316. The third kappa shape index (κ3) is 4.43. The average Bonchev–Trinajstić information content (AvgIpc) is 3.18. The van der Waals surface area contributed by atoms with Crippen LogP contribution >= 0.6 is 11.6 Å². The minimum atomic E-state index is -3.74.